The van der Waals surface area contributed by atoms with Crippen molar-refractivity contribution >= 4 is 28.6 Å². The number of carboxylic acids is 1. The topological polar surface area (TPSA) is 37.3 Å². The molecule has 2 rings (SSSR count). The number of carboxylic acid groups (broad SMARTS) is 1. The van der Waals surface area contributed by atoms with Gasteiger partial charge in [0.1, 0.15) is 0 Å². The smallest absolute Gasteiger partial charge is 0.330 e. The van der Waals surface area contributed by atoms with Crippen molar-refractivity contribution in [1.29, 1.82) is 0 Å². The number of aliphatic carboxylic acids is 1. The molecule has 2 aliphatic carbocycles. The van der Waals surface area contributed by atoms with E-state index in [1.807, 2.05) is 6.08 Å². The third kappa shape index (κ3) is 1.60. The molecule has 0 amide bonds. The third-order valence-electron chi connectivity index (χ3n) is 5.68. The van der Waals surface area contributed by atoms with Crippen LogP contribution in [0, 0.1) is 16.7 Å². The number of halogens is 1. The van der Waals surface area contributed by atoms with Crippen LogP contribution in [-0.4, -0.2) is 14.5 Å². The summed E-state index contributed by atoms with van der Waals surface area (Å²) in [6.07, 6.45) is 5.66. The first-order valence-corrected chi connectivity index (χ1v) is 7.34. The van der Waals surface area contributed by atoms with Crippen LogP contribution in [0.2, 0.25) is 0 Å². The van der Waals surface area contributed by atoms with Gasteiger partial charge in [-0.05, 0) is 42.9 Å². The lowest BCUT2D eigenvalue weighted by atomic mass is 9.66. The van der Waals surface area contributed by atoms with Crippen LogP contribution in [0.15, 0.2) is 11.6 Å². The van der Waals surface area contributed by atoms with Crippen molar-refractivity contribution in [3.05, 3.63) is 11.6 Å². The maximum atomic E-state index is 11.0. The van der Waals surface area contributed by atoms with Gasteiger partial charge < -0.3 is 5.11 Å². The highest BCUT2D eigenvalue weighted by Crippen LogP contribution is 2.72. The number of allylic oxidation sites excluding steroid dienone is 1. The minimum absolute atomic E-state index is 0.0135. The molecule has 0 aromatic heterocycles. The number of fused-ring (bicyclic) bond motifs is 2. The van der Waals surface area contributed by atoms with Gasteiger partial charge in [-0.1, -0.05) is 49.4 Å². The van der Waals surface area contributed by atoms with Crippen molar-refractivity contribution in [2.24, 2.45) is 16.7 Å². The maximum Gasteiger partial charge on any atom is 0.330 e. The number of carbonyl (C=O) groups is 1. The summed E-state index contributed by atoms with van der Waals surface area (Å²) in [5, 5.41) is 9.07. The van der Waals surface area contributed by atoms with E-state index in [0.717, 1.165) is 12.3 Å². The molecule has 2 saturated carbocycles. The fraction of sp³-hybridized carbons (Fsp3) is 0.786. The van der Waals surface area contributed by atoms with Crippen LogP contribution in [0.4, 0.5) is 0 Å². The lowest BCUT2D eigenvalue weighted by molar-refractivity contribution is -0.132. The Morgan fingerprint density at radius 3 is 2.35 bits per heavy atom. The average molecular weight is 348 g/mol. The van der Waals surface area contributed by atoms with Crippen molar-refractivity contribution in [2.45, 2.75) is 50.4 Å². The second kappa shape index (κ2) is 3.72. The molecule has 96 valence electrons. The minimum atomic E-state index is -0.787. The van der Waals surface area contributed by atoms with E-state index in [0.29, 0.717) is 11.0 Å². The summed E-state index contributed by atoms with van der Waals surface area (Å²) in [5.41, 5.74) is 1.04. The fourth-order valence-corrected chi connectivity index (χ4v) is 5.87. The maximum absolute atomic E-state index is 11.0. The van der Waals surface area contributed by atoms with Crippen LogP contribution in [0.5, 0.6) is 0 Å². The molecule has 0 aromatic carbocycles. The molecule has 0 heterocycles. The molecule has 17 heavy (non-hydrogen) atoms. The van der Waals surface area contributed by atoms with Gasteiger partial charge in [0.15, 0.2) is 0 Å². The molecule has 0 spiro atoms. The lowest BCUT2D eigenvalue weighted by Gasteiger charge is -2.44. The molecule has 2 fully saturated rings. The van der Waals surface area contributed by atoms with E-state index < -0.39 is 5.97 Å². The van der Waals surface area contributed by atoms with Crippen LogP contribution in [-0.2, 0) is 4.79 Å². The number of alkyl halides is 1. The molecule has 0 aromatic rings. The van der Waals surface area contributed by atoms with Crippen molar-refractivity contribution in [3.8, 4) is 0 Å². The van der Waals surface area contributed by atoms with E-state index in [1.54, 1.807) is 6.92 Å². The molecule has 3 heteroatoms. The van der Waals surface area contributed by atoms with E-state index in [2.05, 4.69) is 43.4 Å². The van der Waals surface area contributed by atoms with Gasteiger partial charge in [-0.2, -0.15) is 0 Å². The summed E-state index contributed by atoms with van der Waals surface area (Å²) in [6, 6.07) is 0. The molecular formula is C14H21IO2. The quantitative estimate of drug-likeness (QED) is 0.465. The van der Waals surface area contributed by atoms with Gasteiger partial charge in [0.25, 0.3) is 0 Å². The summed E-state index contributed by atoms with van der Waals surface area (Å²) in [5.74, 6) is -0.0486. The van der Waals surface area contributed by atoms with Crippen molar-refractivity contribution in [2.75, 3.05) is 0 Å². The van der Waals surface area contributed by atoms with E-state index in [4.69, 9.17) is 5.11 Å². The number of hydrogen-bond donors (Lipinski definition) is 1. The standard InChI is InChI=1S/C14H21IO2/c1-9(11(16)17)7-14(15)8-10-5-6-13(14,4)12(10,2)3/h7,10H,5-6,8H2,1-4H3,(H,16,17). The highest BCUT2D eigenvalue weighted by Gasteiger charge is 2.66. The highest BCUT2D eigenvalue weighted by atomic mass is 127. The predicted molar refractivity (Wildman–Crippen MR) is 77.4 cm³/mol. The van der Waals surface area contributed by atoms with E-state index in [-0.39, 0.29) is 8.84 Å². The summed E-state index contributed by atoms with van der Waals surface area (Å²) in [6.45, 7) is 8.77. The normalized spacial score (nSPS) is 44.1. The first-order chi connectivity index (χ1) is 7.64. The second-order valence-electron chi connectivity index (χ2n) is 6.49. The summed E-state index contributed by atoms with van der Waals surface area (Å²) in [4.78, 5) is 11.0. The molecule has 3 unspecified atom stereocenters. The third-order valence-corrected chi connectivity index (χ3v) is 7.62. The number of hydrogen-bond acceptors (Lipinski definition) is 1. The van der Waals surface area contributed by atoms with Crippen molar-refractivity contribution in [3.63, 3.8) is 0 Å². The van der Waals surface area contributed by atoms with Gasteiger partial charge in [0.2, 0.25) is 0 Å². The Balaban J connectivity index is 2.43. The largest absolute Gasteiger partial charge is 0.478 e. The van der Waals surface area contributed by atoms with Gasteiger partial charge in [-0.15, -0.1) is 0 Å². The molecule has 3 atom stereocenters. The Morgan fingerprint density at radius 1 is 1.41 bits per heavy atom. The molecule has 1 N–H and O–H groups in total. The zero-order valence-corrected chi connectivity index (χ0v) is 13.2. The van der Waals surface area contributed by atoms with Crippen LogP contribution >= 0.6 is 22.6 Å². The van der Waals surface area contributed by atoms with E-state index in [9.17, 15) is 4.79 Å². The highest BCUT2D eigenvalue weighted by molar-refractivity contribution is 14.1. The Morgan fingerprint density at radius 2 is 2.00 bits per heavy atom. The van der Waals surface area contributed by atoms with Crippen LogP contribution in [0.3, 0.4) is 0 Å². The average Bonchev–Trinajstić information content (AvgIpc) is 2.49. The zero-order valence-electron chi connectivity index (χ0n) is 11.0. The van der Waals surface area contributed by atoms with E-state index in [1.165, 1.54) is 12.8 Å². The first kappa shape index (κ1) is 13.4. The van der Waals surface area contributed by atoms with Gasteiger partial charge in [-0.25, -0.2) is 4.79 Å². The lowest BCUT2D eigenvalue weighted by Crippen LogP contribution is -2.41. The first-order valence-electron chi connectivity index (χ1n) is 6.26. The molecule has 2 aliphatic rings. The monoisotopic (exact) mass is 348 g/mol. The summed E-state index contributed by atoms with van der Waals surface area (Å²) in [7, 11) is 0. The van der Waals surface area contributed by atoms with Crippen LogP contribution in [0.25, 0.3) is 0 Å². The Kier molecular flexibility index (Phi) is 2.92. The summed E-state index contributed by atoms with van der Waals surface area (Å²) >= 11 is 2.51. The Bertz CT molecular complexity index is 399. The predicted octanol–water partition coefficient (Wildman–Crippen LogP) is 4.04. The SMILES string of the molecule is CC(=CC1(I)CC2CCC1(C)C2(C)C)C(=O)O. The molecule has 0 radical (unpaired) electrons. The minimum Gasteiger partial charge on any atom is -0.478 e. The van der Waals surface area contributed by atoms with Crippen molar-refractivity contribution < 1.29 is 9.90 Å². The van der Waals surface area contributed by atoms with Gasteiger partial charge in [-0.3, -0.25) is 0 Å². The van der Waals surface area contributed by atoms with Gasteiger partial charge in [0.05, 0.1) is 0 Å². The molecule has 2 nitrogen and oxygen atoms in total. The van der Waals surface area contributed by atoms with Gasteiger partial charge in [0, 0.05) is 8.99 Å². The molecule has 0 aliphatic heterocycles. The number of rotatable bonds is 2. The molecular weight excluding hydrogens is 327 g/mol. The Hall–Kier alpha value is -0.0600. The van der Waals surface area contributed by atoms with Crippen LogP contribution in [0.1, 0.15) is 47.0 Å². The fourth-order valence-electron chi connectivity index (χ4n) is 3.90. The Labute approximate surface area is 117 Å². The van der Waals surface area contributed by atoms with E-state index >= 15 is 0 Å². The summed E-state index contributed by atoms with van der Waals surface area (Å²) < 4.78 is 0.0135. The van der Waals surface area contributed by atoms with Gasteiger partial charge >= 0.3 is 5.97 Å². The van der Waals surface area contributed by atoms with Crippen LogP contribution < -0.4 is 0 Å². The molecule has 0 saturated heterocycles. The zero-order chi connectivity index (χ0) is 13.1. The van der Waals surface area contributed by atoms with Crippen molar-refractivity contribution in [1.82, 2.24) is 0 Å². The molecule has 2 bridgehead atoms. The second-order valence-corrected chi connectivity index (χ2v) is 8.41.